The van der Waals surface area contributed by atoms with E-state index < -0.39 is 5.82 Å². The first-order valence-electron chi connectivity index (χ1n) is 7.10. The summed E-state index contributed by atoms with van der Waals surface area (Å²) in [5.41, 5.74) is 0.967. The van der Waals surface area contributed by atoms with Crippen LogP contribution in [-0.2, 0) is 4.79 Å². The lowest BCUT2D eigenvalue weighted by atomic mass is 10.1. The highest BCUT2D eigenvalue weighted by molar-refractivity contribution is 6.30. The summed E-state index contributed by atoms with van der Waals surface area (Å²) in [6.45, 7) is 0.0378. The van der Waals surface area contributed by atoms with Crippen LogP contribution in [0.25, 0.3) is 10.8 Å². The molecule has 0 bridgehead atoms. The third-order valence-electron chi connectivity index (χ3n) is 3.43. The van der Waals surface area contributed by atoms with E-state index in [1.54, 1.807) is 0 Å². The van der Waals surface area contributed by atoms with Gasteiger partial charge in [-0.15, -0.1) is 0 Å². The Labute approximate surface area is 138 Å². The van der Waals surface area contributed by atoms with Gasteiger partial charge < -0.3 is 10.6 Å². The standard InChI is InChI=1S/C18H14ClFN2O/c19-13-8-9-17(15(20)10-13)22-18(23)11-21-16-7-3-5-12-4-1-2-6-14(12)16/h1-10,21H,11H2,(H,22,23). The van der Waals surface area contributed by atoms with Gasteiger partial charge in [0.15, 0.2) is 0 Å². The van der Waals surface area contributed by atoms with E-state index in [2.05, 4.69) is 10.6 Å². The molecule has 0 aliphatic rings. The van der Waals surface area contributed by atoms with E-state index in [0.717, 1.165) is 22.5 Å². The van der Waals surface area contributed by atoms with E-state index in [1.165, 1.54) is 12.1 Å². The van der Waals surface area contributed by atoms with E-state index in [9.17, 15) is 9.18 Å². The predicted octanol–water partition coefficient (Wildman–Crippen LogP) is 4.68. The molecule has 116 valence electrons. The molecule has 0 saturated carbocycles. The third-order valence-corrected chi connectivity index (χ3v) is 3.67. The Morgan fingerprint density at radius 3 is 2.61 bits per heavy atom. The molecule has 3 aromatic rings. The van der Waals surface area contributed by atoms with E-state index in [4.69, 9.17) is 11.6 Å². The van der Waals surface area contributed by atoms with Crippen LogP contribution in [0.3, 0.4) is 0 Å². The maximum absolute atomic E-state index is 13.7. The number of carbonyl (C=O) groups is 1. The summed E-state index contributed by atoms with van der Waals surface area (Å²) in [5, 5.41) is 8.00. The van der Waals surface area contributed by atoms with Crippen LogP contribution in [0.1, 0.15) is 0 Å². The van der Waals surface area contributed by atoms with Crippen molar-refractivity contribution in [3.63, 3.8) is 0 Å². The Hall–Kier alpha value is -2.59. The first kappa shape index (κ1) is 15.3. The highest BCUT2D eigenvalue weighted by atomic mass is 35.5. The summed E-state index contributed by atoms with van der Waals surface area (Å²) in [7, 11) is 0. The van der Waals surface area contributed by atoms with Crippen LogP contribution in [-0.4, -0.2) is 12.5 Å². The number of hydrogen-bond donors (Lipinski definition) is 2. The average Bonchev–Trinajstić information content (AvgIpc) is 2.55. The molecule has 0 aromatic heterocycles. The van der Waals surface area contributed by atoms with Crippen molar-refractivity contribution in [3.05, 3.63) is 71.5 Å². The van der Waals surface area contributed by atoms with E-state index >= 15 is 0 Å². The molecule has 0 unspecified atom stereocenters. The van der Waals surface area contributed by atoms with Crippen molar-refractivity contribution >= 4 is 39.7 Å². The molecule has 3 aromatic carbocycles. The van der Waals surface area contributed by atoms with E-state index in [0.29, 0.717) is 0 Å². The van der Waals surface area contributed by atoms with Crippen molar-refractivity contribution in [1.29, 1.82) is 0 Å². The van der Waals surface area contributed by atoms with Crippen LogP contribution in [0, 0.1) is 5.82 Å². The zero-order valence-corrected chi connectivity index (χ0v) is 12.9. The molecule has 0 saturated heterocycles. The zero-order valence-electron chi connectivity index (χ0n) is 12.1. The normalized spacial score (nSPS) is 10.5. The van der Waals surface area contributed by atoms with Gasteiger partial charge >= 0.3 is 0 Å². The van der Waals surface area contributed by atoms with Gasteiger partial charge in [0, 0.05) is 16.1 Å². The lowest BCUT2D eigenvalue weighted by molar-refractivity contribution is -0.114. The van der Waals surface area contributed by atoms with Gasteiger partial charge in [0.2, 0.25) is 5.91 Å². The Morgan fingerprint density at radius 1 is 1.00 bits per heavy atom. The van der Waals surface area contributed by atoms with Crippen molar-refractivity contribution in [2.24, 2.45) is 0 Å². The third kappa shape index (κ3) is 3.60. The second-order valence-electron chi connectivity index (χ2n) is 5.05. The summed E-state index contributed by atoms with van der Waals surface area (Å²) >= 11 is 5.69. The van der Waals surface area contributed by atoms with Crippen LogP contribution in [0.5, 0.6) is 0 Å². The molecule has 1 amide bonds. The average molecular weight is 329 g/mol. The second-order valence-corrected chi connectivity index (χ2v) is 5.49. The maximum atomic E-state index is 13.7. The highest BCUT2D eigenvalue weighted by Gasteiger charge is 2.08. The predicted molar refractivity (Wildman–Crippen MR) is 92.5 cm³/mol. The van der Waals surface area contributed by atoms with Crippen LogP contribution < -0.4 is 10.6 Å². The van der Waals surface area contributed by atoms with E-state index in [1.807, 2.05) is 42.5 Å². The molecular weight excluding hydrogens is 315 g/mol. The summed E-state index contributed by atoms with van der Waals surface area (Å²) in [6.07, 6.45) is 0. The van der Waals surface area contributed by atoms with Gasteiger partial charge in [0.1, 0.15) is 5.82 Å². The van der Waals surface area contributed by atoms with Crippen LogP contribution in [0.4, 0.5) is 15.8 Å². The molecule has 5 heteroatoms. The molecule has 0 aliphatic heterocycles. The van der Waals surface area contributed by atoms with Crippen molar-refractivity contribution < 1.29 is 9.18 Å². The number of anilines is 2. The van der Waals surface area contributed by atoms with Gasteiger partial charge in [-0.1, -0.05) is 48.0 Å². The fourth-order valence-corrected chi connectivity index (χ4v) is 2.50. The molecule has 0 atom stereocenters. The number of amides is 1. The minimum Gasteiger partial charge on any atom is -0.376 e. The minimum absolute atomic E-state index is 0.0378. The molecular formula is C18H14ClFN2O. The Morgan fingerprint density at radius 2 is 1.78 bits per heavy atom. The molecule has 3 rings (SSSR count). The Balaban J connectivity index is 1.69. The summed E-state index contributed by atoms with van der Waals surface area (Å²) in [4.78, 5) is 12.0. The molecule has 0 spiro atoms. The lowest BCUT2D eigenvalue weighted by Gasteiger charge is -2.11. The molecule has 0 heterocycles. The Kier molecular flexibility index (Phi) is 4.44. The first-order valence-corrected chi connectivity index (χ1v) is 7.48. The van der Waals surface area contributed by atoms with Gasteiger partial charge in [-0.05, 0) is 29.7 Å². The summed E-state index contributed by atoms with van der Waals surface area (Å²) < 4.78 is 13.7. The van der Waals surface area contributed by atoms with Crippen LogP contribution in [0.15, 0.2) is 60.7 Å². The van der Waals surface area contributed by atoms with Gasteiger partial charge in [0.05, 0.1) is 12.2 Å². The van der Waals surface area contributed by atoms with Crippen molar-refractivity contribution in [3.8, 4) is 0 Å². The van der Waals surface area contributed by atoms with Gasteiger partial charge in [0.25, 0.3) is 0 Å². The molecule has 23 heavy (non-hydrogen) atoms. The van der Waals surface area contributed by atoms with Gasteiger partial charge in [-0.2, -0.15) is 0 Å². The highest BCUT2D eigenvalue weighted by Crippen LogP contribution is 2.23. The molecule has 2 N–H and O–H groups in total. The second kappa shape index (κ2) is 6.67. The van der Waals surface area contributed by atoms with Crippen LogP contribution >= 0.6 is 11.6 Å². The molecule has 0 radical (unpaired) electrons. The molecule has 0 aliphatic carbocycles. The van der Waals surface area contributed by atoms with Crippen molar-refractivity contribution in [1.82, 2.24) is 0 Å². The number of nitrogens with one attached hydrogen (secondary N) is 2. The number of fused-ring (bicyclic) bond motifs is 1. The number of benzene rings is 3. The van der Waals surface area contributed by atoms with Gasteiger partial charge in [-0.3, -0.25) is 4.79 Å². The summed E-state index contributed by atoms with van der Waals surface area (Å²) in [6, 6.07) is 17.8. The van der Waals surface area contributed by atoms with Crippen molar-refractivity contribution in [2.75, 3.05) is 17.2 Å². The Bertz CT molecular complexity index is 861. The number of carbonyl (C=O) groups excluding carboxylic acids is 1. The lowest BCUT2D eigenvalue weighted by Crippen LogP contribution is -2.22. The first-order chi connectivity index (χ1) is 11.1. The van der Waals surface area contributed by atoms with Crippen LogP contribution in [0.2, 0.25) is 5.02 Å². The minimum atomic E-state index is -0.559. The van der Waals surface area contributed by atoms with E-state index in [-0.39, 0.29) is 23.2 Å². The SMILES string of the molecule is O=C(CNc1cccc2ccccc12)Nc1ccc(Cl)cc1F. The van der Waals surface area contributed by atoms with Gasteiger partial charge in [-0.25, -0.2) is 4.39 Å². The fraction of sp³-hybridized carbons (Fsp3) is 0.0556. The smallest absolute Gasteiger partial charge is 0.243 e. The van der Waals surface area contributed by atoms with Crippen molar-refractivity contribution in [2.45, 2.75) is 0 Å². The largest absolute Gasteiger partial charge is 0.376 e. The zero-order chi connectivity index (χ0) is 16.2. The number of rotatable bonds is 4. The quantitative estimate of drug-likeness (QED) is 0.730. The summed E-state index contributed by atoms with van der Waals surface area (Å²) in [5.74, 6) is -0.893. The number of halogens is 2. The maximum Gasteiger partial charge on any atom is 0.243 e. The fourth-order valence-electron chi connectivity index (χ4n) is 2.34. The monoisotopic (exact) mass is 328 g/mol. The molecule has 0 fully saturated rings. The topological polar surface area (TPSA) is 41.1 Å². The molecule has 3 nitrogen and oxygen atoms in total. The number of hydrogen-bond acceptors (Lipinski definition) is 2.